The van der Waals surface area contributed by atoms with Gasteiger partial charge in [-0.3, -0.25) is 4.79 Å². The van der Waals surface area contributed by atoms with Crippen molar-refractivity contribution in [3.8, 4) is 22.8 Å². The highest BCUT2D eigenvalue weighted by Gasteiger charge is 2.18. The first-order valence-electron chi connectivity index (χ1n) is 10.9. The Bertz CT molecular complexity index is 1100. The molecule has 1 N–H and O–H groups in total. The number of pyridine rings is 1. The Kier molecular flexibility index (Phi) is 6.56. The summed E-state index contributed by atoms with van der Waals surface area (Å²) in [5, 5.41) is 0.967. The zero-order valence-electron chi connectivity index (χ0n) is 18.2. The van der Waals surface area contributed by atoms with Gasteiger partial charge in [-0.1, -0.05) is 6.42 Å². The third kappa shape index (κ3) is 4.74. The van der Waals surface area contributed by atoms with Gasteiger partial charge in [0.1, 0.15) is 11.6 Å². The fourth-order valence-corrected chi connectivity index (χ4v) is 4.34. The number of fused-ring (bicyclic) bond motifs is 1. The molecule has 0 radical (unpaired) electrons. The van der Waals surface area contributed by atoms with Crippen molar-refractivity contribution in [1.82, 2.24) is 9.88 Å². The number of nitrogens with one attached hydrogen (secondary N) is 1. The van der Waals surface area contributed by atoms with E-state index in [4.69, 9.17) is 9.47 Å². The molecule has 2 aromatic carbocycles. The quantitative estimate of drug-likeness (QED) is 0.548. The van der Waals surface area contributed by atoms with E-state index in [1.165, 1.54) is 31.4 Å². The second-order valence-electron chi connectivity index (χ2n) is 8.14. The molecule has 5 nitrogen and oxygen atoms in total. The number of nitrogens with zero attached hydrogens (tertiary/aromatic N) is 1. The van der Waals surface area contributed by atoms with Crippen molar-refractivity contribution in [2.24, 2.45) is 0 Å². The summed E-state index contributed by atoms with van der Waals surface area (Å²) in [6.07, 6.45) is 4.73. The lowest BCUT2D eigenvalue weighted by Gasteiger charge is -2.26. The van der Waals surface area contributed by atoms with Crippen LogP contribution >= 0.6 is 0 Å². The van der Waals surface area contributed by atoms with Crippen molar-refractivity contribution in [2.45, 2.75) is 32.6 Å². The van der Waals surface area contributed by atoms with E-state index in [0.717, 1.165) is 37.4 Å². The van der Waals surface area contributed by atoms with Crippen molar-refractivity contribution in [3.05, 3.63) is 58.1 Å². The number of H-pyrrole nitrogens is 1. The lowest BCUT2D eigenvalue weighted by Crippen LogP contribution is -2.31. The highest BCUT2D eigenvalue weighted by Crippen LogP contribution is 2.36. The lowest BCUT2D eigenvalue weighted by molar-refractivity contribution is 0.205. The molecule has 0 saturated carbocycles. The van der Waals surface area contributed by atoms with Gasteiger partial charge in [0.05, 0.1) is 24.8 Å². The number of aromatic amines is 1. The van der Waals surface area contributed by atoms with Crippen LogP contribution in [-0.4, -0.2) is 43.2 Å². The molecule has 1 aromatic heterocycles. The molecule has 1 aliphatic heterocycles. The summed E-state index contributed by atoms with van der Waals surface area (Å²) in [6, 6.07) is 10.2. The Hall–Kier alpha value is -2.86. The largest absolute Gasteiger partial charge is 0.497 e. The molecule has 2 heterocycles. The number of aromatic nitrogens is 1. The Morgan fingerprint density at radius 3 is 2.55 bits per heavy atom. The minimum atomic E-state index is -0.427. The first kappa shape index (κ1) is 21.4. The van der Waals surface area contributed by atoms with Crippen molar-refractivity contribution in [2.75, 3.05) is 33.4 Å². The summed E-state index contributed by atoms with van der Waals surface area (Å²) in [5.74, 6) is 0.897. The molecule has 31 heavy (non-hydrogen) atoms. The minimum Gasteiger partial charge on any atom is -0.497 e. The number of hydrogen-bond acceptors (Lipinski definition) is 4. The van der Waals surface area contributed by atoms with Crippen LogP contribution in [0.3, 0.4) is 0 Å². The molecule has 0 atom stereocenters. The van der Waals surface area contributed by atoms with Gasteiger partial charge in [0.25, 0.3) is 5.56 Å². The fourth-order valence-electron chi connectivity index (χ4n) is 4.34. The van der Waals surface area contributed by atoms with E-state index in [1.54, 1.807) is 7.11 Å². The molecule has 0 aliphatic carbocycles. The molecule has 1 fully saturated rings. The van der Waals surface area contributed by atoms with Gasteiger partial charge in [0.2, 0.25) is 0 Å². The second kappa shape index (κ2) is 9.52. The molecule has 4 rings (SSSR count). The molecular weight excluding hydrogens is 395 g/mol. The molecule has 0 unspecified atom stereocenters. The number of ether oxygens (including phenoxy) is 2. The SMILES string of the molecule is COc1ccc(-c2[nH]c(=O)c3cc(F)cc(C)c3c2OCCCN2CCCCC2)cc1. The van der Waals surface area contributed by atoms with Crippen molar-refractivity contribution in [1.29, 1.82) is 0 Å². The van der Waals surface area contributed by atoms with Crippen LogP contribution in [0.15, 0.2) is 41.2 Å². The fraction of sp³-hybridized carbons (Fsp3) is 0.400. The maximum Gasteiger partial charge on any atom is 0.256 e. The van der Waals surface area contributed by atoms with Crippen LogP contribution in [0.4, 0.5) is 4.39 Å². The zero-order valence-corrected chi connectivity index (χ0v) is 18.2. The smallest absolute Gasteiger partial charge is 0.256 e. The number of piperidine rings is 1. The molecule has 0 amide bonds. The van der Waals surface area contributed by atoms with E-state index >= 15 is 0 Å². The molecular formula is C25H29FN2O3. The van der Waals surface area contributed by atoms with Crippen LogP contribution in [0.25, 0.3) is 22.0 Å². The number of halogens is 1. The summed E-state index contributed by atoms with van der Waals surface area (Å²) in [7, 11) is 1.61. The number of aryl methyl sites for hydroxylation is 1. The van der Waals surface area contributed by atoms with Gasteiger partial charge in [-0.2, -0.15) is 0 Å². The number of benzene rings is 2. The standard InChI is InChI=1S/C25H29FN2O3/c1-17-15-19(26)16-21-22(17)24(31-14-6-13-28-11-4-3-5-12-28)23(27-25(21)29)18-7-9-20(30-2)10-8-18/h7-10,15-16H,3-6,11-14H2,1-2H3,(H,27,29). The van der Waals surface area contributed by atoms with Gasteiger partial charge in [0, 0.05) is 17.5 Å². The third-order valence-corrected chi connectivity index (χ3v) is 5.93. The average Bonchev–Trinajstić information content (AvgIpc) is 2.78. The van der Waals surface area contributed by atoms with Crippen molar-refractivity contribution < 1.29 is 13.9 Å². The van der Waals surface area contributed by atoms with Crippen LogP contribution in [-0.2, 0) is 0 Å². The highest BCUT2D eigenvalue weighted by molar-refractivity contribution is 5.95. The van der Waals surface area contributed by atoms with Gasteiger partial charge in [-0.25, -0.2) is 4.39 Å². The van der Waals surface area contributed by atoms with Gasteiger partial charge in [-0.05, 0) is 81.2 Å². The van der Waals surface area contributed by atoms with Gasteiger partial charge >= 0.3 is 0 Å². The predicted molar refractivity (Wildman–Crippen MR) is 122 cm³/mol. The summed E-state index contributed by atoms with van der Waals surface area (Å²) in [6.45, 7) is 5.63. The maximum atomic E-state index is 14.0. The van der Waals surface area contributed by atoms with E-state index in [0.29, 0.717) is 34.4 Å². The van der Waals surface area contributed by atoms with Gasteiger partial charge in [0.15, 0.2) is 5.75 Å². The van der Waals surface area contributed by atoms with Crippen molar-refractivity contribution in [3.63, 3.8) is 0 Å². The summed E-state index contributed by atoms with van der Waals surface area (Å²) in [5.41, 5.74) is 1.77. The van der Waals surface area contributed by atoms with Gasteiger partial charge in [-0.15, -0.1) is 0 Å². The van der Waals surface area contributed by atoms with E-state index in [1.807, 2.05) is 31.2 Å². The monoisotopic (exact) mass is 424 g/mol. The Morgan fingerprint density at radius 1 is 1.10 bits per heavy atom. The Labute approximate surface area is 181 Å². The number of hydrogen-bond donors (Lipinski definition) is 1. The molecule has 1 saturated heterocycles. The van der Waals surface area contributed by atoms with Crippen LogP contribution in [0, 0.1) is 12.7 Å². The van der Waals surface area contributed by atoms with Crippen LogP contribution in [0.5, 0.6) is 11.5 Å². The maximum absolute atomic E-state index is 14.0. The van der Waals surface area contributed by atoms with E-state index in [-0.39, 0.29) is 5.56 Å². The van der Waals surface area contributed by atoms with Crippen LogP contribution in [0.2, 0.25) is 0 Å². The molecule has 1 aliphatic rings. The summed E-state index contributed by atoms with van der Waals surface area (Å²) >= 11 is 0. The third-order valence-electron chi connectivity index (χ3n) is 5.93. The van der Waals surface area contributed by atoms with E-state index < -0.39 is 5.82 Å². The average molecular weight is 425 g/mol. The summed E-state index contributed by atoms with van der Waals surface area (Å²) in [4.78, 5) is 18.2. The van der Waals surface area contributed by atoms with Crippen LogP contribution < -0.4 is 15.0 Å². The molecule has 3 aromatic rings. The zero-order chi connectivity index (χ0) is 21.8. The second-order valence-corrected chi connectivity index (χ2v) is 8.14. The highest BCUT2D eigenvalue weighted by atomic mass is 19.1. The van der Waals surface area contributed by atoms with E-state index in [2.05, 4.69) is 9.88 Å². The number of likely N-dealkylation sites (tertiary alicyclic amines) is 1. The lowest BCUT2D eigenvalue weighted by atomic mass is 10.0. The Morgan fingerprint density at radius 2 is 1.84 bits per heavy atom. The van der Waals surface area contributed by atoms with Crippen molar-refractivity contribution >= 4 is 10.8 Å². The molecule has 0 bridgehead atoms. The van der Waals surface area contributed by atoms with Crippen LogP contribution in [0.1, 0.15) is 31.2 Å². The molecule has 0 spiro atoms. The Balaban J connectivity index is 1.68. The topological polar surface area (TPSA) is 54.6 Å². The normalized spacial score (nSPS) is 14.7. The van der Waals surface area contributed by atoms with Gasteiger partial charge < -0.3 is 19.4 Å². The number of rotatable bonds is 7. The first-order valence-corrected chi connectivity index (χ1v) is 10.9. The first-order chi connectivity index (χ1) is 15.1. The molecule has 164 valence electrons. The minimum absolute atomic E-state index is 0.306. The summed E-state index contributed by atoms with van der Waals surface area (Å²) < 4.78 is 25.5. The number of methoxy groups -OCH3 is 1. The molecule has 6 heteroatoms. The predicted octanol–water partition coefficient (Wildman–Crippen LogP) is 4.91. The van der Waals surface area contributed by atoms with E-state index in [9.17, 15) is 9.18 Å².